The predicted octanol–water partition coefficient (Wildman–Crippen LogP) is 5.54. The van der Waals surface area contributed by atoms with Crippen LogP contribution < -0.4 is 5.32 Å². The molecule has 0 saturated carbocycles. The van der Waals surface area contributed by atoms with Crippen LogP contribution in [0, 0.1) is 0 Å². The molecule has 214 valence electrons. The summed E-state index contributed by atoms with van der Waals surface area (Å²) < 4.78 is 33.7. The van der Waals surface area contributed by atoms with Crippen molar-refractivity contribution < 1.29 is 22.7 Å². The lowest BCUT2D eigenvalue weighted by Crippen LogP contribution is -2.36. The second-order valence-electron chi connectivity index (χ2n) is 10.1. The Hall–Kier alpha value is -3.05. The number of nitrogens with zero attached hydrogens (tertiary/aromatic N) is 2. The normalized spacial score (nSPS) is 13.8. The van der Waals surface area contributed by atoms with Gasteiger partial charge in [0.25, 0.3) is 5.91 Å². The number of carbonyl (C=O) groups is 2. The molecular formula is C30H37N3O5S2. The van der Waals surface area contributed by atoms with Gasteiger partial charge in [-0.2, -0.15) is 4.31 Å². The summed E-state index contributed by atoms with van der Waals surface area (Å²) in [5.74, 6) is -0.851. The third-order valence-corrected chi connectivity index (χ3v) is 10.0. The number of esters is 1. The molecule has 0 fully saturated rings. The maximum atomic E-state index is 13.5. The highest BCUT2D eigenvalue weighted by atomic mass is 32.2. The first kappa shape index (κ1) is 29.9. The summed E-state index contributed by atoms with van der Waals surface area (Å²) in [6, 6.07) is 15.1. The average molecular weight is 584 g/mol. The number of hydrogen-bond acceptors (Lipinski definition) is 7. The van der Waals surface area contributed by atoms with E-state index in [1.807, 2.05) is 44.2 Å². The zero-order valence-electron chi connectivity index (χ0n) is 23.5. The standard InChI is InChI=1S/C30H37N3O5S2/c1-5-17-32-18-16-25-26(20-32)39-29(27(25)30(35)38-6-2)31-28(34)23-12-14-24(15-13-23)40(36,37)33(21(3)4)19-22-10-8-7-9-11-22/h7-15,21H,5-6,16-20H2,1-4H3,(H,31,34). The summed E-state index contributed by atoms with van der Waals surface area (Å²) in [7, 11) is -3.80. The van der Waals surface area contributed by atoms with Crippen molar-refractivity contribution in [3.8, 4) is 0 Å². The largest absolute Gasteiger partial charge is 0.462 e. The number of sulfonamides is 1. The first-order chi connectivity index (χ1) is 19.1. The van der Waals surface area contributed by atoms with Gasteiger partial charge < -0.3 is 10.1 Å². The van der Waals surface area contributed by atoms with E-state index in [0.29, 0.717) is 16.1 Å². The van der Waals surface area contributed by atoms with Crippen LogP contribution in [-0.2, 0) is 34.3 Å². The second kappa shape index (κ2) is 13.1. The fraction of sp³-hybridized carbons (Fsp3) is 0.400. The quantitative estimate of drug-likeness (QED) is 0.298. The molecule has 0 bridgehead atoms. The molecule has 1 aromatic heterocycles. The van der Waals surface area contributed by atoms with E-state index in [0.717, 1.165) is 48.5 Å². The number of rotatable bonds is 11. The van der Waals surface area contributed by atoms with Crippen molar-refractivity contribution in [2.75, 3.05) is 25.0 Å². The van der Waals surface area contributed by atoms with Crippen LogP contribution in [0.4, 0.5) is 5.00 Å². The predicted molar refractivity (Wildman–Crippen MR) is 158 cm³/mol. The summed E-state index contributed by atoms with van der Waals surface area (Å²) in [6.07, 6.45) is 1.76. The number of anilines is 1. The first-order valence-corrected chi connectivity index (χ1v) is 15.9. The minimum atomic E-state index is -3.80. The minimum absolute atomic E-state index is 0.114. The van der Waals surface area contributed by atoms with Gasteiger partial charge in [0.15, 0.2) is 0 Å². The van der Waals surface area contributed by atoms with Crippen molar-refractivity contribution >= 4 is 38.2 Å². The Morgan fingerprint density at radius 1 is 1.07 bits per heavy atom. The number of nitrogens with one attached hydrogen (secondary N) is 1. The molecule has 8 nitrogen and oxygen atoms in total. The van der Waals surface area contributed by atoms with Crippen LogP contribution in [0.3, 0.4) is 0 Å². The van der Waals surface area contributed by atoms with Crippen LogP contribution in [0.2, 0.25) is 0 Å². The van der Waals surface area contributed by atoms with E-state index in [1.54, 1.807) is 6.92 Å². The van der Waals surface area contributed by atoms with Gasteiger partial charge in [-0.05, 0) is 75.5 Å². The lowest BCUT2D eigenvalue weighted by Gasteiger charge is -2.26. The molecule has 0 saturated heterocycles. The molecule has 3 aromatic rings. The van der Waals surface area contributed by atoms with Gasteiger partial charge in [-0.25, -0.2) is 13.2 Å². The number of hydrogen-bond donors (Lipinski definition) is 1. The number of benzene rings is 2. The van der Waals surface area contributed by atoms with Gasteiger partial charge in [0.05, 0.1) is 17.1 Å². The molecule has 0 spiro atoms. The van der Waals surface area contributed by atoms with E-state index in [-0.39, 0.29) is 24.1 Å². The molecule has 1 N–H and O–H groups in total. The van der Waals surface area contributed by atoms with E-state index >= 15 is 0 Å². The summed E-state index contributed by atoms with van der Waals surface area (Å²) in [5, 5.41) is 3.37. The average Bonchev–Trinajstić information content (AvgIpc) is 3.29. The zero-order chi connectivity index (χ0) is 28.9. The molecule has 1 aliphatic rings. The van der Waals surface area contributed by atoms with Crippen molar-refractivity contribution in [2.45, 2.75) is 64.6 Å². The van der Waals surface area contributed by atoms with Crippen molar-refractivity contribution in [2.24, 2.45) is 0 Å². The van der Waals surface area contributed by atoms with Crippen LogP contribution in [-0.4, -0.2) is 55.2 Å². The Morgan fingerprint density at radius 2 is 1.77 bits per heavy atom. The van der Waals surface area contributed by atoms with E-state index in [2.05, 4.69) is 17.1 Å². The molecule has 1 amide bonds. The summed E-state index contributed by atoms with van der Waals surface area (Å²) in [4.78, 5) is 29.6. The van der Waals surface area contributed by atoms with E-state index in [9.17, 15) is 18.0 Å². The highest BCUT2D eigenvalue weighted by Gasteiger charge is 2.30. The van der Waals surface area contributed by atoms with Gasteiger partial charge in [-0.1, -0.05) is 37.3 Å². The molecular weight excluding hydrogens is 546 g/mol. The van der Waals surface area contributed by atoms with Gasteiger partial charge in [0, 0.05) is 36.1 Å². The number of fused-ring (bicyclic) bond motifs is 1. The van der Waals surface area contributed by atoms with Gasteiger partial charge in [-0.15, -0.1) is 11.3 Å². The molecule has 1 aliphatic heterocycles. The molecule has 0 atom stereocenters. The Labute approximate surface area is 241 Å². The third-order valence-electron chi connectivity index (χ3n) is 6.86. The van der Waals surface area contributed by atoms with Crippen LogP contribution in [0.15, 0.2) is 59.5 Å². The SMILES string of the molecule is CCCN1CCc2c(sc(NC(=O)c3ccc(S(=O)(=O)N(Cc4ccccc4)C(C)C)cc3)c2C(=O)OCC)C1. The van der Waals surface area contributed by atoms with Crippen molar-refractivity contribution in [1.82, 2.24) is 9.21 Å². The van der Waals surface area contributed by atoms with Crippen LogP contribution in [0.25, 0.3) is 0 Å². The number of amides is 1. The Balaban J connectivity index is 1.56. The summed E-state index contributed by atoms with van der Waals surface area (Å²) >= 11 is 1.41. The topological polar surface area (TPSA) is 96.0 Å². The van der Waals surface area contributed by atoms with Crippen LogP contribution >= 0.6 is 11.3 Å². The van der Waals surface area contributed by atoms with E-state index in [4.69, 9.17) is 4.74 Å². The Bertz CT molecular complexity index is 1430. The number of ether oxygens (including phenoxy) is 1. The van der Waals surface area contributed by atoms with Gasteiger partial charge in [0.1, 0.15) is 5.00 Å². The van der Waals surface area contributed by atoms with Crippen molar-refractivity contribution in [3.05, 3.63) is 81.7 Å². The van der Waals surface area contributed by atoms with Crippen molar-refractivity contribution in [3.63, 3.8) is 0 Å². The van der Waals surface area contributed by atoms with Crippen LogP contribution in [0.1, 0.15) is 70.8 Å². The van der Waals surface area contributed by atoms with Crippen LogP contribution in [0.5, 0.6) is 0 Å². The molecule has 40 heavy (non-hydrogen) atoms. The number of carbonyl (C=O) groups excluding carboxylic acids is 2. The molecule has 0 unspecified atom stereocenters. The van der Waals surface area contributed by atoms with E-state index in [1.165, 1.54) is 39.9 Å². The Kier molecular flexibility index (Phi) is 9.78. The zero-order valence-corrected chi connectivity index (χ0v) is 25.1. The lowest BCUT2D eigenvalue weighted by atomic mass is 10.0. The third kappa shape index (κ3) is 6.63. The second-order valence-corrected chi connectivity index (χ2v) is 13.1. The number of thiophene rings is 1. The fourth-order valence-corrected chi connectivity index (χ4v) is 7.77. The molecule has 2 aromatic carbocycles. The molecule has 2 heterocycles. The summed E-state index contributed by atoms with van der Waals surface area (Å²) in [6.45, 7) is 10.6. The Morgan fingerprint density at radius 3 is 2.40 bits per heavy atom. The highest BCUT2D eigenvalue weighted by molar-refractivity contribution is 7.89. The summed E-state index contributed by atoms with van der Waals surface area (Å²) in [5.41, 5.74) is 2.57. The molecule has 10 heteroatoms. The lowest BCUT2D eigenvalue weighted by molar-refractivity contribution is 0.0526. The maximum Gasteiger partial charge on any atom is 0.341 e. The first-order valence-electron chi connectivity index (χ1n) is 13.7. The minimum Gasteiger partial charge on any atom is -0.462 e. The van der Waals surface area contributed by atoms with Gasteiger partial charge in [-0.3, -0.25) is 9.69 Å². The monoisotopic (exact) mass is 583 g/mol. The maximum absolute atomic E-state index is 13.5. The smallest absolute Gasteiger partial charge is 0.341 e. The van der Waals surface area contributed by atoms with Crippen molar-refractivity contribution in [1.29, 1.82) is 0 Å². The molecule has 4 rings (SSSR count). The molecule has 0 radical (unpaired) electrons. The molecule has 0 aliphatic carbocycles. The fourth-order valence-electron chi connectivity index (χ4n) is 4.87. The van der Waals surface area contributed by atoms with Gasteiger partial charge in [0.2, 0.25) is 10.0 Å². The van der Waals surface area contributed by atoms with Gasteiger partial charge >= 0.3 is 5.97 Å². The highest BCUT2D eigenvalue weighted by Crippen LogP contribution is 2.38. The van der Waals surface area contributed by atoms with E-state index < -0.39 is 21.9 Å².